The van der Waals surface area contributed by atoms with Gasteiger partial charge in [-0.2, -0.15) is 0 Å². The fraction of sp³-hybridized carbons (Fsp3) is 0.444. The predicted molar refractivity (Wildman–Crippen MR) is 83.8 cm³/mol. The van der Waals surface area contributed by atoms with E-state index in [9.17, 15) is 0 Å². The Morgan fingerprint density at radius 2 is 2.14 bits per heavy atom. The molecule has 1 aromatic carbocycles. The van der Waals surface area contributed by atoms with Crippen molar-refractivity contribution in [3.05, 3.63) is 53.0 Å². The van der Waals surface area contributed by atoms with Gasteiger partial charge in [-0.25, -0.2) is 0 Å². The average molecular weight is 285 g/mol. The summed E-state index contributed by atoms with van der Waals surface area (Å²) in [6.45, 7) is 5.92. The summed E-state index contributed by atoms with van der Waals surface area (Å²) in [5, 5.41) is 3.59. The molecule has 0 spiro atoms. The Balaban J connectivity index is 2.00. The monoisotopic (exact) mass is 285 g/mol. The summed E-state index contributed by atoms with van der Waals surface area (Å²) in [5.41, 5.74) is 2.50. The summed E-state index contributed by atoms with van der Waals surface area (Å²) >= 11 is 0. The fourth-order valence-corrected chi connectivity index (χ4v) is 2.90. The molecule has 3 nitrogen and oxygen atoms in total. The highest BCUT2D eigenvalue weighted by molar-refractivity contribution is 5.46. The maximum Gasteiger partial charge on any atom is 0.127 e. The number of hydrogen-bond acceptors (Lipinski definition) is 3. The second kappa shape index (κ2) is 6.35. The summed E-state index contributed by atoms with van der Waals surface area (Å²) in [6, 6.07) is 10.6. The van der Waals surface area contributed by atoms with E-state index in [1.165, 1.54) is 11.1 Å². The van der Waals surface area contributed by atoms with Gasteiger partial charge in [-0.1, -0.05) is 25.1 Å². The third-order valence-corrected chi connectivity index (χ3v) is 3.92. The molecule has 1 atom stereocenters. The number of para-hydroxylation sites is 1. The van der Waals surface area contributed by atoms with Crippen molar-refractivity contribution in [2.45, 2.75) is 39.2 Å². The number of rotatable bonds is 5. The summed E-state index contributed by atoms with van der Waals surface area (Å²) < 4.78 is 11.8. The van der Waals surface area contributed by atoms with Crippen molar-refractivity contribution < 1.29 is 9.15 Å². The maximum absolute atomic E-state index is 5.96. The van der Waals surface area contributed by atoms with Gasteiger partial charge in [-0.15, -0.1) is 0 Å². The minimum atomic E-state index is 0.0618. The first kappa shape index (κ1) is 14.2. The van der Waals surface area contributed by atoms with Crippen LogP contribution in [0.2, 0.25) is 0 Å². The van der Waals surface area contributed by atoms with Crippen LogP contribution in [0.15, 0.2) is 34.7 Å². The van der Waals surface area contributed by atoms with Crippen molar-refractivity contribution in [2.24, 2.45) is 0 Å². The lowest BCUT2D eigenvalue weighted by molar-refractivity contribution is 0.281. The summed E-state index contributed by atoms with van der Waals surface area (Å²) in [5.74, 6) is 2.95. The minimum Gasteiger partial charge on any atom is -0.493 e. The molecule has 1 N–H and O–H groups in total. The Morgan fingerprint density at radius 3 is 2.90 bits per heavy atom. The molecule has 0 saturated heterocycles. The first-order chi connectivity index (χ1) is 10.3. The molecule has 1 aromatic heterocycles. The highest BCUT2D eigenvalue weighted by atomic mass is 16.5. The van der Waals surface area contributed by atoms with Crippen LogP contribution in [0.1, 0.15) is 48.5 Å². The molecule has 1 aliphatic rings. The molecule has 1 aliphatic heterocycles. The Kier molecular flexibility index (Phi) is 4.30. The first-order valence-corrected chi connectivity index (χ1v) is 7.84. The lowest BCUT2D eigenvalue weighted by Crippen LogP contribution is -2.24. The van der Waals surface area contributed by atoms with Crippen LogP contribution in [0.3, 0.4) is 0 Å². The SMILES string of the molecule is CCCNC(c1ccc(C)o1)c1cccc2c1OCCC2. The largest absolute Gasteiger partial charge is 0.493 e. The molecule has 1 unspecified atom stereocenters. The van der Waals surface area contributed by atoms with E-state index in [1.54, 1.807) is 0 Å². The zero-order valence-corrected chi connectivity index (χ0v) is 12.8. The Morgan fingerprint density at radius 1 is 1.24 bits per heavy atom. The van der Waals surface area contributed by atoms with E-state index in [4.69, 9.17) is 9.15 Å². The number of benzene rings is 1. The van der Waals surface area contributed by atoms with Crippen molar-refractivity contribution in [1.29, 1.82) is 0 Å². The summed E-state index contributed by atoms with van der Waals surface area (Å²) in [6.07, 6.45) is 3.29. The van der Waals surface area contributed by atoms with Gasteiger partial charge in [0.1, 0.15) is 17.3 Å². The lowest BCUT2D eigenvalue weighted by atomic mass is 9.96. The molecule has 3 heteroatoms. The van der Waals surface area contributed by atoms with Crippen LogP contribution in [-0.4, -0.2) is 13.2 Å². The van der Waals surface area contributed by atoms with Crippen molar-refractivity contribution in [3.8, 4) is 5.75 Å². The average Bonchev–Trinajstić information content (AvgIpc) is 2.94. The molecule has 0 saturated carbocycles. The molecule has 0 bridgehead atoms. The van der Waals surface area contributed by atoms with Crippen molar-refractivity contribution in [2.75, 3.05) is 13.2 Å². The topological polar surface area (TPSA) is 34.4 Å². The number of furan rings is 1. The van der Waals surface area contributed by atoms with Gasteiger partial charge in [0.25, 0.3) is 0 Å². The predicted octanol–water partition coefficient (Wildman–Crippen LogP) is 4.00. The van der Waals surface area contributed by atoms with Crippen LogP contribution < -0.4 is 10.1 Å². The van der Waals surface area contributed by atoms with Gasteiger partial charge >= 0.3 is 0 Å². The molecular weight excluding hydrogens is 262 g/mol. The number of ether oxygens (including phenoxy) is 1. The van der Waals surface area contributed by atoms with Crippen LogP contribution >= 0.6 is 0 Å². The molecule has 3 rings (SSSR count). The number of nitrogens with one attached hydrogen (secondary N) is 1. The quantitative estimate of drug-likeness (QED) is 0.901. The van der Waals surface area contributed by atoms with E-state index in [0.717, 1.165) is 49.7 Å². The van der Waals surface area contributed by atoms with Crippen molar-refractivity contribution >= 4 is 0 Å². The number of aryl methyl sites for hydroxylation is 2. The minimum absolute atomic E-state index is 0.0618. The van der Waals surface area contributed by atoms with Gasteiger partial charge in [0, 0.05) is 5.56 Å². The molecule has 21 heavy (non-hydrogen) atoms. The highest BCUT2D eigenvalue weighted by Crippen LogP contribution is 2.36. The number of hydrogen-bond donors (Lipinski definition) is 1. The molecule has 112 valence electrons. The van der Waals surface area contributed by atoms with Gasteiger partial charge < -0.3 is 14.5 Å². The van der Waals surface area contributed by atoms with Gasteiger partial charge in [-0.05, 0) is 50.4 Å². The fourth-order valence-electron chi connectivity index (χ4n) is 2.90. The van der Waals surface area contributed by atoms with Gasteiger partial charge in [-0.3, -0.25) is 0 Å². The van der Waals surface area contributed by atoms with Gasteiger partial charge in [0.2, 0.25) is 0 Å². The first-order valence-electron chi connectivity index (χ1n) is 7.84. The van der Waals surface area contributed by atoms with Crippen molar-refractivity contribution in [1.82, 2.24) is 5.32 Å². The van der Waals surface area contributed by atoms with E-state index < -0.39 is 0 Å². The van der Waals surface area contributed by atoms with Crippen LogP contribution in [0.4, 0.5) is 0 Å². The second-order valence-electron chi connectivity index (χ2n) is 5.62. The maximum atomic E-state index is 5.96. The van der Waals surface area contributed by atoms with Crippen LogP contribution in [0.25, 0.3) is 0 Å². The van der Waals surface area contributed by atoms with E-state index in [-0.39, 0.29) is 6.04 Å². The molecule has 0 radical (unpaired) electrons. The Hall–Kier alpha value is -1.74. The van der Waals surface area contributed by atoms with Gasteiger partial charge in [0.05, 0.1) is 12.6 Å². The van der Waals surface area contributed by atoms with Crippen LogP contribution in [0, 0.1) is 6.92 Å². The van der Waals surface area contributed by atoms with Crippen LogP contribution in [0.5, 0.6) is 5.75 Å². The Bertz CT molecular complexity index is 603. The van der Waals surface area contributed by atoms with E-state index in [1.807, 2.05) is 13.0 Å². The zero-order chi connectivity index (χ0) is 14.7. The number of fused-ring (bicyclic) bond motifs is 1. The lowest BCUT2D eigenvalue weighted by Gasteiger charge is -2.25. The molecular formula is C18H23NO2. The third-order valence-electron chi connectivity index (χ3n) is 3.92. The second-order valence-corrected chi connectivity index (χ2v) is 5.62. The third kappa shape index (κ3) is 2.98. The van der Waals surface area contributed by atoms with Crippen molar-refractivity contribution in [3.63, 3.8) is 0 Å². The van der Waals surface area contributed by atoms with Crippen LogP contribution in [-0.2, 0) is 6.42 Å². The molecule has 2 heterocycles. The standard InChI is InChI=1S/C18H23NO2/c1-3-11-19-17(16-10-9-13(2)21-16)15-8-4-6-14-7-5-12-20-18(14)15/h4,6,8-10,17,19H,3,5,7,11-12H2,1-2H3. The van der Waals surface area contributed by atoms with E-state index in [2.05, 4.69) is 36.5 Å². The van der Waals surface area contributed by atoms with E-state index in [0.29, 0.717) is 0 Å². The molecule has 2 aromatic rings. The summed E-state index contributed by atoms with van der Waals surface area (Å²) in [4.78, 5) is 0. The van der Waals surface area contributed by atoms with E-state index >= 15 is 0 Å². The van der Waals surface area contributed by atoms with Gasteiger partial charge in [0.15, 0.2) is 0 Å². The smallest absolute Gasteiger partial charge is 0.127 e. The zero-order valence-electron chi connectivity index (χ0n) is 12.8. The normalized spacial score (nSPS) is 15.3. The molecule has 0 fully saturated rings. The summed E-state index contributed by atoms with van der Waals surface area (Å²) in [7, 11) is 0. The molecule has 0 aliphatic carbocycles. The molecule has 0 amide bonds. The Labute approximate surface area is 126 Å². The highest BCUT2D eigenvalue weighted by Gasteiger charge is 2.24.